The minimum atomic E-state index is -0.535. The van der Waals surface area contributed by atoms with E-state index in [0.29, 0.717) is 10.7 Å². The van der Waals surface area contributed by atoms with Gasteiger partial charge in [0, 0.05) is 12.3 Å². The average molecular weight is 353 g/mol. The van der Waals surface area contributed by atoms with Gasteiger partial charge in [-0.2, -0.15) is 0 Å². The van der Waals surface area contributed by atoms with E-state index in [9.17, 15) is 9.90 Å². The molecule has 0 atom stereocenters. The molecule has 0 saturated heterocycles. The van der Waals surface area contributed by atoms with Crippen LogP contribution in [0.3, 0.4) is 0 Å². The summed E-state index contributed by atoms with van der Waals surface area (Å²) < 4.78 is 6.02. The Balaban J connectivity index is 2.83. The van der Waals surface area contributed by atoms with Crippen LogP contribution in [0.5, 0.6) is 5.75 Å². The molecule has 0 radical (unpaired) electrons. The summed E-state index contributed by atoms with van der Waals surface area (Å²) in [7, 11) is 0. The molecule has 2 rings (SSSR count). The Labute approximate surface area is 110 Å². The second-order valence-electron chi connectivity index (χ2n) is 3.15. The van der Waals surface area contributed by atoms with E-state index in [1.165, 1.54) is 39.7 Å². The lowest BCUT2D eigenvalue weighted by atomic mass is 10.3. The molecule has 0 fully saturated rings. The third-order valence-corrected chi connectivity index (χ3v) is 2.71. The van der Waals surface area contributed by atoms with Crippen LogP contribution >= 0.6 is 34.6 Å². The number of hydrogen-bond donors (Lipinski definition) is 1. The molecule has 0 aliphatic carbocycles. The Bertz CT molecular complexity index is 582. The molecule has 0 spiro atoms. The van der Waals surface area contributed by atoms with E-state index in [1.807, 2.05) is 0 Å². The Morgan fingerprint density at radius 1 is 1.69 bits per heavy atom. The Morgan fingerprint density at radius 3 is 3.00 bits per heavy atom. The van der Waals surface area contributed by atoms with Crippen LogP contribution in [-0.4, -0.2) is 20.5 Å². The van der Waals surface area contributed by atoms with Crippen molar-refractivity contribution in [3.8, 4) is 5.75 Å². The maximum atomic E-state index is 11.5. The summed E-state index contributed by atoms with van der Waals surface area (Å²) in [5.41, 5.74) is 1.00. The Kier molecular flexibility index (Phi) is 2.94. The summed E-state index contributed by atoms with van der Waals surface area (Å²) >= 11 is 7.29. The number of aryl methyl sites for hydroxylation is 1. The van der Waals surface area contributed by atoms with E-state index in [4.69, 9.17) is 11.6 Å². The molecule has 2 heterocycles. The molecule has 2 aromatic rings. The minimum Gasteiger partial charge on any atom is -0.504 e. The van der Waals surface area contributed by atoms with Gasteiger partial charge in [-0.15, -0.1) is 0 Å². The van der Waals surface area contributed by atoms with Crippen LogP contribution in [0.2, 0.25) is 5.02 Å². The summed E-state index contributed by atoms with van der Waals surface area (Å²) in [6.07, 6.45) is 1.50. The van der Waals surface area contributed by atoms with Crippen LogP contribution in [0.1, 0.15) is 16.2 Å². The monoisotopic (exact) mass is 352 g/mol. The van der Waals surface area contributed by atoms with E-state index in [-0.39, 0.29) is 17.1 Å². The predicted octanol–water partition coefficient (Wildman–Crippen LogP) is 2.51. The number of imidazole rings is 1. The van der Waals surface area contributed by atoms with Crippen molar-refractivity contribution in [1.29, 1.82) is 0 Å². The highest BCUT2D eigenvalue weighted by Crippen LogP contribution is 2.25. The van der Waals surface area contributed by atoms with Gasteiger partial charge >= 0.3 is 5.97 Å². The zero-order chi connectivity index (χ0) is 11.9. The smallest absolute Gasteiger partial charge is 0.366 e. The van der Waals surface area contributed by atoms with E-state index in [2.05, 4.69) is 8.05 Å². The first-order chi connectivity index (χ1) is 7.54. The van der Waals surface area contributed by atoms with Gasteiger partial charge in [0.25, 0.3) is 0 Å². The third-order valence-electron chi connectivity index (χ3n) is 2.10. The number of halogens is 2. The molecule has 16 heavy (non-hydrogen) atoms. The zero-order valence-corrected chi connectivity index (χ0v) is 11.0. The van der Waals surface area contributed by atoms with Gasteiger partial charge in [-0.05, 0) is 6.92 Å². The van der Waals surface area contributed by atoms with Crippen molar-refractivity contribution in [2.45, 2.75) is 6.92 Å². The molecule has 1 N–H and O–H groups in total. The van der Waals surface area contributed by atoms with Gasteiger partial charge in [0.15, 0.2) is 40.1 Å². The van der Waals surface area contributed by atoms with Crippen molar-refractivity contribution in [1.82, 2.24) is 9.38 Å². The number of carbonyl (C=O) groups is 1. The van der Waals surface area contributed by atoms with Crippen LogP contribution in [0.4, 0.5) is 0 Å². The molecule has 0 aromatic carbocycles. The van der Waals surface area contributed by atoms with E-state index in [1.54, 1.807) is 6.92 Å². The first-order valence-electron chi connectivity index (χ1n) is 4.24. The highest BCUT2D eigenvalue weighted by molar-refractivity contribution is 14.1. The standard InChI is InChI=1S/C9H6ClIN2O3/c1-4-7(9(15)16-11)13-3-5(10)2-6(14)8(13)12-4/h2-3,14H,1H3. The highest BCUT2D eigenvalue weighted by Gasteiger charge is 2.19. The highest BCUT2D eigenvalue weighted by atomic mass is 127. The van der Waals surface area contributed by atoms with Gasteiger partial charge in [-0.3, -0.25) is 4.40 Å². The topological polar surface area (TPSA) is 63.8 Å². The molecule has 0 aliphatic heterocycles. The van der Waals surface area contributed by atoms with E-state index >= 15 is 0 Å². The summed E-state index contributed by atoms with van der Waals surface area (Å²) in [5.74, 6) is -0.615. The number of carbonyl (C=O) groups excluding carboxylic acids is 1. The lowest BCUT2D eigenvalue weighted by Gasteiger charge is -2.01. The van der Waals surface area contributed by atoms with Crippen LogP contribution in [0.25, 0.3) is 5.65 Å². The third kappa shape index (κ3) is 1.71. The molecule has 5 nitrogen and oxygen atoms in total. The fraction of sp³-hybridized carbons (Fsp3) is 0.111. The Morgan fingerprint density at radius 2 is 2.38 bits per heavy atom. The molecule has 7 heteroatoms. The molecule has 0 aliphatic rings. The molecule has 0 bridgehead atoms. The van der Waals surface area contributed by atoms with Crippen LogP contribution in [0.15, 0.2) is 12.3 Å². The van der Waals surface area contributed by atoms with Gasteiger partial charge in [0.05, 0.1) is 10.7 Å². The van der Waals surface area contributed by atoms with Crippen molar-refractivity contribution in [3.05, 3.63) is 28.7 Å². The number of aromatic hydroxyl groups is 1. The van der Waals surface area contributed by atoms with E-state index < -0.39 is 5.97 Å². The first kappa shape index (κ1) is 11.5. The lowest BCUT2D eigenvalue weighted by Crippen LogP contribution is -2.04. The number of pyridine rings is 1. The molecular weight excluding hydrogens is 346 g/mol. The summed E-state index contributed by atoms with van der Waals surface area (Å²) in [6, 6.07) is 1.36. The number of aromatic nitrogens is 2. The molecule has 0 amide bonds. The minimum absolute atomic E-state index is 0.0805. The van der Waals surface area contributed by atoms with Crippen molar-refractivity contribution >= 4 is 46.2 Å². The van der Waals surface area contributed by atoms with Crippen molar-refractivity contribution in [2.75, 3.05) is 0 Å². The second kappa shape index (κ2) is 4.10. The quantitative estimate of drug-likeness (QED) is 0.801. The fourth-order valence-electron chi connectivity index (χ4n) is 1.49. The molecule has 2 aromatic heterocycles. The zero-order valence-electron chi connectivity index (χ0n) is 8.07. The maximum Gasteiger partial charge on any atom is 0.366 e. The lowest BCUT2D eigenvalue weighted by molar-refractivity contribution is 0.0792. The largest absolute Gasteiger partial charge is 0.504 e. The van der Waals surface area contributed by atoms with Crippen molar-refractivity contribution in [3.63, 3.8) is 0 Å². The van der Waals surface area contributed by atoms with Crippen LogP contribution < -0.4 is 0 Å². The predicted molar refractivity (Wildman–Crippen MR) is 66.0 cm³/mol. The average Bonchev–Trinajstić information content (AvgIpc) is 2.54. The summed E-state index contributed by atoms with van der Waals surface area (Å²) in [6.45, 7) is 1.66. The summed E-state index contributed by atoms with van der Waals surface area (Å²) in [5, 5.41) is 9.93. The number of hydrogen-bond acceptors (Lipinski definition) is 4. The van der Waals surface area contributed by atoms with Crippen LogP contribution in [0, 0.1) is 6.92 Å². The number of rotatable bonds is 1. The maximum absolute atomic E-state index is 11.5. The van der Waals surface area contributed by atoms with Gasteiger partial charge in [-0.1, -0.05) is 11.6 Å². The first-order valence-corrected chi connectivity index (χ1v) is 5.50. The Hall–Kier alpha value is -1.02. The molecular formula is C9H6ClIN2O3. The fourth-order valence-corrected chi connectivity index (χ4v) is 1.90. The van der Waals surface area contributed by atoms with E-state index in [0.717, 1.165) is 0 Å². The molecule has 0 unspecified atom stereocenters. The summed E-state index contributed by atoms with van der Waals surface area (Å²) in [4.78, 5) is 15.6. The number of nitrogens with zero attached hydrogens (tertiary/aromatic N) is 2. The molecule has 0 saturated carbocycles. The van der Waals surface area contributed by atoms with Gasteiger partial charge < -0.3 is 8.17 Å². The van der Waals surface area contributed by atoms with Gasteiger partial charge in [-0.25, -0.2) is 9.78 Å². The van der Waals surface area contributed by atoms with Crippen molar-refractivity contribution in [2.24, 2.45) is 0 Å². The SMILES string of the molecule is Cc1nc2c(O)cc(Cl)cn2c1C(=O)OI. The van der Waals surface area contributed by atoms with Gasteiger partial charge in [0.1, 0.15) is 0 Å². The second-order valence-corrected chi connectivity index (χ2v) is 4.02. The normalized spacial score (nSPS) is 10.7. The number of fused-ring (bicyclic) bond motifs is 1. The van der Waals surface area contributed by atoms with Crippen molar-refractivity contribution < 1.29 is 13.0 Å². The molecule has 84 valence electrons. The van der Waals surface area contributed by atoms with Crippen LogP contribution in [-0.2, 0) is 3.07 Å². The van der Waals surface area contributed by atoms with Gasteiger partial charge in [0.2, 0.25) is 0 Å².